The van der Waals surface area contributed by atoms with Crippen LogP contribution in [0.3, 0.4) is 0 Å². The quantitative estimate of drug-likeness (QED) is 0.805. The van der Waals surface area contributed by atoms with E-state index >= 15 is 0 Å². The molecule has 2 heterocycles. The molecule has 1 unspecified atom stereocenters. The molecule has 0 radical (unpaired) electrons. The number of carbonyl (C=O) groups excluding carboxylic acids is 1. The van der Waals surface area contributed by atoms with Crippen LogP contribution in [-0.2, 0) is 14.8 Å². The Hall–Kier alpha value is -2.26. The lowest BCUT2D eigenvalue weighted by atomic mass is 9.96. The molecule has 0 aliphatic carbocycles. The van der Waals surface area contributed by atoms with Gasteiger partial charge in [-0.2, -0.15) is 5.10 Å². The maximum atomic E-state index is 12.6. The highest BCUT2D eigenvalue weighted by atomic mass is 32.2. The van der Waals surface area contributed by atoms with E-state index in [0.29, 0.717) is 25.9 Å². The molecule has 2 aromatic rings. The summed E-state index contributed by atoms with van der Waals surface area (Å²) in [7, 11) is -3.17. The van der Waals surface area contributed by atoms with Gasteiger partial charge >= 0.3 is 0 Å². The molecule has 8 nitrogen and oxygen atoms in total. The lowest BCUT2D eigenvalue weighted by molar-refractivity contribution is -0.126. The summed E-state index contributed by atoms with van der Waals surface area (Å²) in [6.07, 6.45) is 4.23. The summed E-state index contributed by atoms with van der Waals surface area (Å²) in [4.78, 5) is 16.5. The van der Waals surface area contributed by atoms with Gasteiger partial charge in [-0.15, -0.1) is 0 Å². The van der Waals surface area contributed by atoms with Crippen LogP contribution in [0.1, 0.15) is 38.3 Å². The molecule has 1 atom stereocenters. The van der Waals surface area contributed by atoms with Crippen molar-refractivity contribution in [2.45, 2.75) is 32.7 Å². The van der Waals surface area contributed by atoms with Gasteiger partial charge in [0.1, 0.15) is 12.7 Å². The Bertz CT molecular complexity index is 857. The number of rotatable bonds is 6. The maximum Gasteiger partial charge on any atom is 0.223 e. The fourth-order valence-corrected chi connectivity index (χ4v) is 4.38. The van der Waals surface area contributed by atoms with Gasteiger partial charge in [0.05, 0.1) is 17.5 Å². The van der Waals surface area contributed by atoms with Gasteiger partial charge in [0, 0.05) is 19.0 Å². The minimum absolute atomic E-state index is 0.0172. The second-order valence-electron chi connectivity index (χ2n) is 6.74. The zero-order valence-corrected chi connectivity index (χ0v) is 16.4. The van der Waals surface area contributed by atoms with E-state index < -0.39 is 10.0 Å². The number of amides is 1. The van der Waals surface area contributed by atoms with Crippen molar-refractivity contribution in [3.63, 3.8) is 0 Å². The number of nitrogens with zero attached hydrogens (tertiary/aromatic N) is 4. The summed E-state index contributed by atoms with van der Waals surface area (Å²) < 4.78 is 27.0. The van der Waals surface area contributed by atoms with Crippen LogP contribution in [0.2, 0.25) is 0 Å². The fraction of sp³-hybridized carbons (Fsp3) is 0.500. The average molecular weight is 391 g/mol. The van der Waals surface area contributed by atoms with Crippen LogP contribution in [0.15, 0.2) is 36.9 Å². The molecule has 146 valence electrons. The predicted octanol–water partition coefficient (Wildman–Crippen LogP) is 1.51. The van der Waals surface area contributed by atoms with Crippen molar-refractivity contribution in [2.75, 3.05) is 18.8 Å². The number of benzene rings is 1. The molecule has 3 rings (SSSR count). The van der Waals surface area contributed by atoms with Crippen molar-refractivity contribution in [3.8, 4) is 5.69 Å². The molecule has 1 aromatic carbocycles. The van der Waals surface area contributed by atoms with Crippen LogP contribution in [-0.4, -0.2) is 52.2 Å². The zero-order valence-electron chi connectivity index (χ0n) is 15.6. The largest absolute Gasteiger partial charge is 0.349 e. The first-order chi connectivity index (χ1) is 12.9. The molecule has 1 aliphatic heterocycles. The Morgan fingerprint density at radius 3 is 2.48 bits per heavy atom. The molecule has 1 aliphatic rings. The number of carbonyl (C=O) groups is 1. The molecule has 1 fully saturated rings. The normalized spacial score (nSPS) is 17.6. The van der Waals surface area contributed by atoms with Gasteiger partial charge < -0.3 is 5.32 Å². The van der Waals surface area contributed by atoms with Crippen molar-refractivity contribution < 1.29 is 13.2 Å². The van der Waals surface area contributed by atoms with Gasteiger partial charge in [0.2, 0.25) is 15.9 Å². The van der Waals surface area contributed by atoms with Gasteiger partial charge in [-0.1, -0.05) is 12.1 Å². The van der Waals surface area contributed by atoms with E-state index in [1.165, 1.54) is 10.6 Å². The fourth-order valence-electron chi connectivity index (χ4n) is 3.25. The van der Waals surface area contributed by atoms with Crippen molar-refractivity contribution in [1.29, 1.82) is 0 Å². The van der Waals surface area contributed by atoms with Crippen molar-refractivity contribution in [2.24, 2.45) is 5.92 Å². The maximum absolute atomic E-state index is 12.6. The number of piperidine rings is 1. The summed E-state index contributed by atoms with van der Waals surface area (Å²) in [5.41, 5.74) is 1.90. The predicted molar refractivity (Wildman–Crippen MR) is 102 cm³/mol. The SMILES string of the molecule is CCS(=O)(=O)N1CCC(C(=O)NC(C)c2ccc(-n3cncn3)cc2)CC1. The van der Waals surface area contributed by atoms with Gasteiger partial charge in [0.15, 0.2) is 0 Å². The Kier molecular flexibility index (Phi) is 5.91. The van der Waals surface area contributed by atoms with E-state index in [9.17, 15) is 13.2 Å². The third-order valence-electron chi connectivity index (χ3n) is 5.02. The van der Waals surface area contributed by atoms with Gasteiger partial charge in [-0.05, 0) is 44.4 Å². The molecule has 0 bridgehead atoms. The van der Waals surface area contributed by atoms with Gasteiger partial charge in [0.25, 0.3) is 0 Å². The Labute approximate surface area is 159 Å². The lowest BCUT2D eigenvalue weighted by Gasteiger charge is -2.31. The van der Waals surface area contributed by atoms with Crippen molar-refractivity contribution in [1.82, 2.24) is 24.4 Å². The van der Waals surface area contributed by atoms with Crippen molar-refractivity contribution in [3.05, 3.63) is 42.5 Å². The van der Waals surface area contributed by atoms with E-state index in [4.69, 9.17) is 0 Å². The first kappa shape index (κ1) is 19.5. The molecule has 27 heavy (non-hydrogen) atoms. The summed E-state index contributed by atoms with van der Waals surface area (Å²) >= 11 is 0. The van der Waals surface area contributed by atoms with Crippen molar-refractivity contribution >= 4 is 15.9 Å². The Morgan fingerprint density at radius 1 is 1.26 bits per heavy atom. The molecule has 1 aromatic heterocycles. The van der Waals surface area contributed by atoms with Crippen LogP contribution in [0.5, 0.6) is 0 Å². The number of hydrogen-bond acceptors (Lipinski definition) is 5. The van der Waals surface area contributed by atoms with Gasteiger partial charge in [-0.25, -0.2) is 22.4 Å². The Morgan fingerprint density at radius 2 is 1.93 bits per heavy atom. The highest BCUT2D eigenvalue weighted by Crippen LogP contribution is 2.22. The van der Waals surface area contributed by atoms with E-state index in [-0.39, 0.29) is 23.6 Å². The van der Waals surface area contributed by atoms with E-state index in [2.05, 4.69) is 15.4 Å². The summed E-state index contributed by atoms with van der Waals surface area (Å²) in [5.74, 6) is -0.0625. The highest BCUT2D eigenvalue weighted by Gasteiger charge is 2.30. The first-order valence-corrected chi connectivity index (χ1v) is 10.7. The number of sulfonamides is 1. The molecular formula is C18H25N5O3S. The van der Waals surface area contributed by atoms with Crippen LogP contribution in [0.4, 0.5) is 0 Å². The summed E-state index contributed by atoms with van der Waals surface area (Å²) in [6.45, 7) is 4.41. The van der Waals surface area contributed by atoms with Crippen LogP contribution in [0, 0.1) is 5.92 Å². The third-order valence-corrected chi connectivity index (χ3v) is 6.90. The highest BCUT2D eigenvalue weighted by molar-refractivity contribution is 7.89. The summed E-state index contributed by atoms with van der Waals surface area (Å²) in [6, 6.07) is 7.65. The summed E-state index contributed by atoms with van der Waals surface area (Å²) in [5, 5.41) is 7.14. The molecule has 1 amide bonds. The minimum atomic E-state index is -3.17. The van der Waals surface area contributed by atoms with Crippen LogP contribution < -0.4 is 5.32 Å². The molecule has 1 N–H and O–H groups in total. The molecule has 0 spiro atoms. The molecular weight excluding hydrogens is 366 g/mol. The topological polar surface area (TPSA) is 97.2 Å². The molecule has 1 saturated heterocycles. The molecule has 0 saturated carbocycles. The average Bonchev–Trinajstić information content (AvgIpc) is 3.23. The Balaban J connectivity index is 1.55. The number of hydrogen-bond donors (Lipinski definition) is 1. The minimum Gasteiger partial charge on any atom is -0.349 e. The molecule has 9 heteroatoms. The monoisotopic (exact) mass is 391 g/mol. The van der Waals surface area contributed by atoms with E-state index in [0.717, 1.165) is 11.3 Å². The standard InChI is InChI=1S/C18H25N5O3S/c1-3-27(25,26)22-10-8-16(9-11-22)18(24)21-14(2)15-4-6-17(7-5-15)23-13-19-12-20-23/h4-7,12-14,16H,3,8-11H2,1-2H3,(H,21,24). The van der Waals surface area contributed by atoms with Crippen LogP contribution in [0.25, 0.3) is 5.69 Å². The second kappa shape index (κ2) is 8.18. The zero-order chi connectivity index (χ0) is 19.4. The van der Waals surface area contributed by atoms with Gasteiger partial charge in [-0.3, -0.25) is 4.79 Å². The number of nitrogens with one attached hydrogen (secondary N) is 1. The van der Waals surface area contributed by atoms with Crippen LogP contribution >= 0.6 is 0 Å². The van der Waals surface area contributed by atoms with E-state index in [1.807, 2.05) is 31.2 Å². The van der Waals surface area contributed by atoms with E-state index in [1.54, 1.807) is 17.9 Å². The third kappa shape index (κ3) is 4.54. The second-order valence-corrected chi connectivity index (χ2v) is 8.99. The smallest absolute Gasteiger partial charge is 0.223 e. The lowest BCUT2D eigenvalue weighted by Crippen LogP contribution is -2.43. The number of aromatic nitrogens is 3. The first-order valence-electron chi connectivity index (χ1n) is 9.14.